The number of carbonyl (C=O) groups excluding carboxylic acids is 1. The summed E-state index contributed by atoms with van der Waals surface area (Å²) in [6, 6.07) is 16.8. The van der Waals surface area contributed by atoms with E-state index in [0.29, 0.717) is 11.6 Å². The minimum Gasteiger partial charge on any atom is -0.465 e. The molecule has 3 aromatic rings. The van der Waals surface area contributed by atoms with Crippen LogP contribution in [0.4, 0.5) is 5.95 Å². The fourth-order valence-electron chi connectivity index (χ4n) is 4.67. The molecule has 4 rings (SSSR count). The fourth-order valence-corrected chi connectivity index (χ4v) is 4.67. The van der Waals surface area contributed by atoms with E-state index < -0.39 is 0 Å². The zero-order valence-electron chi connectivity index (χ0n) is 18.5. The number of hydrogen-bond acceptors (Lipinski definition) is 4. The summed E-state index contributed by atoms with van der Waals surface area (Å²) in [5, 5.41) is 3.60. The molecule has 1 fully saturated rings. The molecule has 0 radical (unpaired) electrons. The van der Waals surface area contributed by atoms with Crippen LogP contribution in [-0.4, -0.2) is 29.2 Å². The first-order valence-corrected chi connectivity index (χ1v) is 11.6. The van der Waals surface area contributed by atoms with Gasteiger partial charge in [-0.3, -0.25) is 0 Å². The van der Waals surface area contributed by atoms with Gasteiger partial charge in [-0.25, -0.2) is 9.78 Å². The molecule has 0 atom stereocenters. The molecule has 0 spiro atoms. The molecule has 0 unspecified atom stereocenters. The number of methoxy groups -OCH3 is 1. The lowest BCUT2D eigenvalue weighted by molar-refractivity contribution is 0.0601. The molecular formula is C26H33N3O2. The van der Waals surface area contributed by atoms with Gasteiger partial charge in [0.05, 0.1) is 23.7 Å². The number of esters is 1. The predicted molar refractivity (Wildman–Crippen MR) is 126 cm³/mol. The monoisotopic (exact) mass is 419 g/mol. The van der Waals surface area contributed by atoms with Gasteiger partial charge in [-0.2, -0.15) is 0 Å². The first kappa shape index (κ1) is 21.4. The summed E-state index contributed by atoms with van der Waals surface area (Å²) in [7, 11) is 1.42. The number of hydrogen-bond donors (Lipinski definition) is 1. The molecule has 0 aliphatic heterocycles. The van der Waals surface area contributed by atoms with Crippen molar-refractivity contribution in [2.45, 2.75) is 63.8 Å². The van der Waals surface area contributed by atoms with Crippen molar-refractivity contribution in [3.8, 4) is 0 Å². The highest BCUT2D eigenvalue weighted by Gasteiger charge is 2.21. The third kappa shape index (κ3) is 5.27. The van der Waals surface area contributed by atoms with Crippen LogP contribution in [0.5, 0.6) is 0 Å². The number of fused-ring (bicyclic) bond motifs is 1. The van der Waals surface area contributed by atoms with Crippen LogP contribution in [0.2, 0.25) is 0 Å². The van der Waals surface area contributed by atoms with E-state index in [0.717, 1.165) is 36.4 Å². The molecule has 1 heterocycles. The van der Waals surface area contributed by atoms with Crippen molar-refractivity contribution >= 4 is 23.0 Å². The van der Waals surface area contributed by atoms with Crippen LogP contribution in [-0.2, 0) is 11.2 Å². The molecule has 31 heavy (non-hydrogen) atoms. The largest absolute Gasteiger partial charge is 0.465 e. The predicted octanol–water partition coefficient (Wildman–Crippen LogP) is 6.15. The van der Waals surface area contributed by atoms with Crippen molar-refractivity contribution in [2.24, 2.45) is 0 Å². The smallest absolute Gasteiger partial charge is 0.337 e. The standard InChI is InChI=1S/C26H33N3O2/c1-31-25(30)21-16-17-24-23(19-21)28-26(27-18-10-13-20-11-6-5-7-12-20)29(24)22-14-8-3-2-4-9-15-22/h5-7,11-12,16-17,19,22H,2-4,8-10,13-15,18H2,1H3,(H,27,28). The molecule has 1 aromatic heterocycles. The molecule has 1 aliphatic rings. The van der Waals surface area contributed by atoms with Crippen LogP contribution in [0.15, 0.2) is 48.5 Å². The number of anilines is 1. The summed E-state index contributed by atoms with van der Waals surface area (Å²) in [6.07, 6.45) is 11.0. The first-order chi connectivity index (χ1) is 15.3. The third-order valence-corrected chi connectivity index (χ3v) is 6.32. The number of imidazole rings is 1. The number of nitrogens with zero attached hydrogens (tertiary/aromatic N) is 2. The van der Waals surface area contributed by atoms with Crippen LogP contribution in [0, 0.1) is 0 Å². The Balaban J connectivity index is 1.57. The highest BCUT2D eigenvalue weighted by Crippen LogP contribution is 2.33. The van der Waals surface area contributed by atoms with E-state index in [2.05, 4.69) is 40.2 Å². The molecule has 0 saturated heterocycles. The number of ether oxygens (including phenoxy) is 1. The molecule has 5 heteroatoms. The zero-order valence-corrected chi connectivity index (χ0v) is 18.5. The van der Waals surface area contributed by atoms with Gasteiger partial charge in [0.1, 0.15) is 0 Å². The summed E-state index contributed by atoms with van der Waals surface area (Å²) >= 11 is 0. The maximum absolute atomic E-state index is 12.0. The summed E-state index contributed by atoms with van der Waals surface area (Å²) in [6.45, 7) is 0.870. The molecule has 1 aliphatic carbocycles. The lowest BCUT2D eigenvalue weighted by Crippen LogP contribution is -2.16. The Hall–Kier alpha value is -2.82. The Bertz CT molecular complexity index is 989. The Kier molecular flexibility index (Phi) is 7.23. The van der Waals surface area contributed by atoms with E-state index in [9.17, 15) is 4.79 Å². The van der Waals surface area contributed by atoms with Gasteiger partial charge in [0.2, 0.25) is 5.95 Å². The van der Waals surface area contributed by atoms with E-state index in [1.165, 1.54) is 57.6 Å². The quantitative estimate of drug-likeness (QED) is 0.368. The fraction of sp³-hybridized carbons (Fsp3) is 0.462. The van der Waals surface area contributed by atoms with Gasteiger partial charge in [-0.05, 0) is 49.4 Å². The van der Waals surface area contributed by atoms with Crippen LogP contribution < -0.4 is 5.32 Å². The number of nitrogens with one attached hydrogen (secondary N) is 1. The van der Waals surface area contributed by atoms with Crippen molar-refractivity contribution in [3.63, 3.8) is 0 Å². The first-order valence-electron chi connectivity index (χ1n) is 11.6. The molecule has 5 nitrogen and oxygen atoms in total. The van der Waals surface area contributed by atoms with Crippen LogP contribution in [0.3, 0.4) is 0 Å². The Morgan fingerprint density at radius 3 is 2.55 bits per heavy atom. The van der Waals surface area contributed by atoms with Gasteiger partial charge in [0.15, 0.2) is 0 Å². The molecule has 1 saturated carbocycles. The van der Waals surface area contributed by atoms with Gasteiger partial charge >= 0.3 is 5.97 Å². The van der Waals surface area contributed by atoms with Gasteiger partial charge < -0.3 is 14.6 Å². The van der Waals surface area contributed by atoms with E-state index in [-0.39, 0.29) is 5.97 Å². The van der Waals surface area contributed by atoms with Crippen molar-refractivity contribution in [3.05, 3.63) is 59.7 Å². The van der Waals surface area contributed by atoms with Crippen molar-refractivity contribution in [2.75, 3.05) is 19.0 Å². The van der Waals surface area contributed by atoms with Crippen molar-refractivity contribution < 1.29 is 9.53 Å². The van der Waals surface area contributed by atoms with Crippen molar-refractivity contribution in [1.82, 2.24) is 9.55 Å². The molecule has 164 valence electrons. The normalized spacial score (nSPS) is 15.4. The Morgan fingerprint density at radius 1 is 1.06 bits per heavy atom. The number of benzene rings is 2. The Morgan fingerprint density at radius 2 is 1.81 bits per heavy atom. The summed E-state index contributed by atoms with van der Waals surface area (Å²) < 4.78 is 7.29. The SMILES string of the molecule is COC(=O)c1ccc2c(c1)nc(NCCCc1ccccc1)n2C1CCCCCCC1. The number of aryl methyl sites for hydroxylation is 1. The summed E-state index contributed by atoms with van der Waals surface area (Å²) in [4.78, 5) is 16.9. The van der Waals surface area contributed by atoms with E-state index in [1.54, 1.807) is 0 Å². The third-order valence-electron chi connectivity index (χ3n) is 6.32. The van der Waals surface area contributed by atoms with Crippen LogP contribution >= 0.6 is 0 Å². The average Bonchev–Trinajstić information content (AvgIpc) is 3.14. The lowest BCUT2D eigenvalue weighted by Gasteiger charge is -2.24. The Labute approximate surface area is 184 Å². The molecule has 1 N–H and O–H groups in total. The van der Waals surface area contributed by atoms with Crippen LogP contribution in [0.25, 0.3) is 11.0 Å². The second-order valence-electron chi connectivity index (χ2n) is 8.52. The van der Waals surface area contributed by atoms with Crippen molar-refractivity contribution in [1.29, 1.82) is 0 Å². The van der Waals surface area contributed by atoms with E-state index in [4.69, 9.17) is 9.72 Å². The summed E-state index contributed by atoms with van der Waals surface area (Å²) in [5.74, 6) is 0.607. The van der Waals surface area contributed by atoms with Gasteiger partial charge in [0.25, 0.3) is 0 Å². The number of carbonyl (C=O) groups is 1. The molecule has 0 amide bonds. The maximum Gasteiger partial charge on any atom is 0.337 e. The summed E-state index contributed by atoms with van der Waals surface area (Å²) in [5.41, 5.74) is 3.87. The van der Waals surface area contributed by atoms with Gasteiger partial charge in [0, 0.05) is 12.6 Å². The number of aromatic nitrogens is 2. The molecular weight excluding hydrogens is 386 g/mol. The highest BCUT2D eigenvalue weighted by atomic mass is 16.5. The number of rotatable bonds is 7. The van der Waals surface area contributed by atoms with Gasteiger partial charge in [-0.15, -0.1) is 0 Å². The zero-order chi connectivity index (χ0) is 21.5. The molecule has 0 bridgehead atoms. The lowest BCUT2D eigenvalue weighted by atomic mass is 9.96. The minimum absolute atomic E-state index is 0.320. The van der Waals surface area contributed by atoms with E-state index >= 15 is 0 Å². The second-order valence-corrected chi connectivity index (χ2v) is 8.52. The average molecular weight is 420 g/mol. The van der Waals surface area contributed by atoms with E-state index in [1.807, 2.05) is 18.2 Å². The second kappa shape index (κ2) is 10.5. The van der Waals surface area contributed by atoms with Gasteiger partial charge in [-0.1, -0.05) is 62.4 Å². The highest BCUT2D eigenvalue weighted by molar-refractivity contribution is 5.94. The topological polar surface area (TPSA) is 56.1 Å². The minimum atomic E-state index is -0.320. The maximum atomic E-state index is 12.0. The van der Waals surface area contributed by atoms with Crippen LogP contribution in [0.1, 0.15) is 73.3 Å². The molecule has 2 aromatic carbocycles.